The van der Waals surface area contributed by atoms with Crippen LogP contribution >= 0.6 is 23.2 Å². The second-order valence-electron chi connectivity index (χ2n) is 7.56. The molecule has 0 spiro atoms. The van der Waals surface area contributed by atoms with Crippen LogP contribution in [0.3, 0.4) is 0 Å². The van der Waals surface area contributed by atoms with Crippen molar-refractivity contribution in [2.24, 2.45) is 10.1 Å². The number of nitrogens with zero attached hydrogens (tertiary/aromatic N) is 3. The molecular formula is C20H22Cl2N4O4S. The highest BCUT2D eigenvalue weighted by molar-refractivity contribution is 7.90. The molecule has 2 aromatic rings. The fraction of sp³-hybridized carbons (Fsp3) is 0.400. The van der Waals surface area contributed by atoms with Crippen molar-refractivity contribution in [3.8, 4) is 11.1 Å². The first kappa shape index (κ1) is 23.6. The molecule has 1 aromatic carbocycles. The van der Waals surface area contributed by atoms with Crippen molar-refractivity contribution in [3.05, 3.63) is 46.5 Å². The molecule has 1 aromatic heterocycles. The number of hydrogen-bond acceptors (Lipinski definition) is 6. The highest BCUT2D eigenvalue weighted by Crippen LogP contribution is 2.45. The van der Waals surface area contributed by atoms with Gasteiger partial charge in [-0.15, -0.1) is 0 Å². The normalized spacial score (nSPS) is 16.7. The van der Waals surface area contributed by atoms with Gasteiger partial charge in [-0.3, -0.25) is 4.79 Å². The molecule has 1 saturated carbocycles. The van der Waals surface area contributed by atoms with Gasteiger partial charge in [0.15, 0.2) is 0 Å². The number of hydrogen-bond donors (Lipinski definition) is 2. The Hall–Kier alpha value is -2.07. The molecule has 1 atom stereocenters. The maximum absolute atomic E-state index is 12.3. The first-order valence-electron chi connectivity index (χ1n) is 9.65. The fourth-order valence-corrected chi connectivity index (χ4v) is 4.99. The molecule has 31 heavy (non-hydrogen) atoms. The number of rotatable bonds is 9. The second-order valence-corrected chi connectivity index (χ2v) is 10.2. The van der Waals surface area contributed by atoms with E-state index in [-0.39, 0.29) is 12.2 Å². The maximum atomic E-state index is 12.3. The molecule has 3 rings (SSSR count). The van der Waals surface area contributed by atoms with Crippen LogP contribution in [0.2, 0.25) is 10.0 Å². The Kier molecular flexibility index (Phi) is 7.31. The minimum atomic E-state index is -3.75. The second kappa shape index (κ2) is 9.60. The van der Waals surface area contributed by atoms with E-state index in [0.29, 0.717) is 22.3 Å². The zero-order chi connectivity index (χ0) is 22.6. The lowest BCUT2D eigenvalue weighted by Gasteiger charge is -2.40. The summed E-state index contributed by atoms with van der Waals surface area (Å²) in [7, 11) is -3.75. The third kappa shape index (κ3) is 5.79. The molecule has 0 unspecified atom stereocenters. The third-order valence-electron chi connectivity index (χ3n) is 5.43. The molecule has 0 aliphatic heterocycles. The van der Waals surface area contributed by atoms with E-state index in [2.05, 4.69) is 14.4 Å². The Labute approximate surface area is 190 Å². The Bertz CT molecular complexity index is 1090. The molecule has 1 heterocycles. The number of aliphatic carboxylic acids is 1. The molecule has 0 bridgehead atoms. The number of sulfonamides is 1. The molecule has 1 fully saturated rings. The summed E-state index contributed by atoms with van der Waals surface area (Å²) in [5.41, 5.74) is 6.44. The van der Waals surface area contributed by atoms with Crippen molar-refractivity contribution >= 4 is 45.4 Å². The van der Waals surface area contributed by atoms with Gasteiger partial charge < -0.3 is 10.8 Å². The predicted octanol–water partition coefficient (Wildman–Crippen LogP) is 3.46. The lowest BCUT2D eigenvalue weighted by Crippen LogP contribution is -2.37. The van der Waals surface area contributed by atoms with Gasteiger partial charge in [-0.25, -0.2) is 18.4 Å². The van der Waals surface area contributed by atoms with E-state index in [4.69, 9.17) is 34.0 Å². The van der Waals surface area contributed by atoms with Crippen molar-refractivity contribution in [3.63, 3.8) is 0 Å². The highest BCUT2D eigenvalue weighted by Gasteiger charge is 2.42. The molecule has 0 radical (unpaired) electrons. The minimum absolute atomic E-state index is 0.155. The lowest BCUT2D eigenvalue weighted by atomic mass is 9.66. The van der Waals surface area contributed by atoms with Gasteiger partial charge in [-0.1, -0.05) is 35.7 Å². The molecule has 0 amide bonds. The van der Waals surface area contributed by atoms with E-state index in [1.165, 1.54) is 0 Å². The summed E-state index contributed by atoms with van der Waals surface area (Å²) in [6.07, 6.45) is 7.12. The largest absolute Gasteiger partial charge is 0.480 e. The number of nitrogens with two attached hydrogens (primary N) is 1. The van der Waals surface area contributed by atoms with Gasteiger partial charge in [0.25, 0.3) is 10.0 Å². The van der Waals surface area contributed by atoms with Gasteiger partial charge in [0, 0.05) is 51.6 Å². The SMILES string of the molecule is N[C@@H](CC=NS(=O)(=O)CCC1(c2ncc(-c3ccc(Cl)cc3Cl)cn2)CCC1)C(=O)O. The Balaban J connectivity index is 1.69. The Morgan fingerprint density at radius 3 is 2.52 bits per heavy atom. The summed E-state index contributed by atoms with van der Waals surface area (Å²) in [4.78, 5) is 19.7. The van der Waals surface area contributed by atoms with Crippen LogP contribution in [0.4, 0.5) is 0 Å². The van der Waals surface area contributed by atoms with Crippen LogP contribution in [0.5, 0.6) is 0 Å². The van der Waals surface area contributed by atoms with Crippen LogP contribution in [-0.4, -0.2) is 47.5 Å². The van der Waals surface area contributed by atoms with Crippen molar-refractivity contribution in [2.75, 3.05) is 5.75 Å². The molecule has 166 valence electrons. The molecular weight excluding hydrogens is 463 g/mol. The lowest BCUT2D eigenvalue weighted by molar-refractivity contribution is -0.138. The van der Waals surface area contributed by atoms with E-state index in [0.717, 1.165) is 36.6 Å². The van der Waals surface area contributed by atoms with Crippen LogP contribution in [0.15, 0.2) is 35.0 Å². The van der Waals surface area contributed by atoms with Crippen LogP contribution in [-0.2, 0) is 20.2 Å². The smallest absolute Gasteiger partial charge is 0.320 e. The number of carboxylic acids is 1. The Morgan fingerprint density at radius 2 is 1.97 bits per heavy atom. The van der Waals surface area contributed by atoms with Crippen molar-refractivity contribution in [1.29, 1.82) is 0 Å². The maximum Gasteiger partial charge on any atom is 0.320 e. The summed E-state index contributed by atoms with van der Waals surface area (Å²) >= 11 is 12.2. The molecule has 1 aliphatic rings. The number of benzene rings is 1. The van der Waals surface area contributed by atoms with Crippen molar-refractivity contribution < 1.29 is 18.3 Å². The van der Waals surface area contributed by atoms with Crippen LogP contribution < -0.4 is 5.73 Å². The average molecular weight is 485 g/mol. The van der Waals surface area contributed by atoms with Crippen molar-refractivity contribution in [1.82, 2.24) is 9.97 Å². The first-order valence-corrected chi connectivity index (χ1v) is 12.0. The van der Waals surface area contributed by atoms with Crippen LogP contribution in [0.1, 0.15) is 37.9 Å². The number of halogens is 2. The van der Waals surface area contributed by atoms with Gasteiger partial charge >= 0.3 is 5.97 Å². The van der Waals surface area contributed by atoms with Crippen LogP contribution in [0.25, 0.3) is 11.1 Å². The minimum Gasteiger partial charge on any atom is -0.480 e. The van der Waals surface area contributed by atoms with E-state index < -0.39 is 27.4 Å². The van der Waals surface area contributed by atoms with Gasteiger partial charge in [0.2, 0.25) is 0 Å². The van der Waals surface area contributed by atoms with E-state index >= 15 is 0 Å². The van der Waals surface area contributed by atoms with E-state index in [1.54, 1.807) is 30.6 Å². The molecule has 8 nitrogen and oxygen atoms in total. The summed E-state index contributed by atoms with van der Waals surface area (Å²) in [5.74, 6) is -0.794. The summed E-state index contributed by atoms with van der Waals surface area (Å²) < 4.78 is 28.0. The number of carboxylic acid groups (broad SMARTS) is 1. The summed E-state index contributed by atoms with van der Waals surface area (Å²) in [5, 5.41) is 9.77. The Morgan fingerprint density at radius 1 is 1.29 bits per heavy atom. The van der Waals surface area contributed by atoms with Gasteiger partial charge in [-0.2, -0.15) is 4.40 Å². The van der Waals surface area contributed by atoms with Crippen molar-refractivity contribution in [2.45, 2.75) is 43.6 Å². The molecule has 1 aliphatic carbocycles. The average Bonchev–Trinajstić information content (AvgIpc) is 2.67. The topological polar surface area (TPSA) is 136 Å². The number of carbonyl (C=O) groups is 1. The van der Waals surface area contributed by atoms with Gasteiger partial charge in [0.05, 0.1) is 5.75 Å². The molecule has 11 heteroatoms. The van der Waals surface area contributed by atoms with E-state index in [1.807, 2.05) is 0 Å². The number of aromatic nitrogens is 2. The molecule has 0 saturated heterocycles. The monoisotopic (exact) mass is 484 g/mol. The fourth-order valence-electron chi connectivity index (χ4n) is 3.40. The summed E-state index contributed by atoms with van der Waals surface area (Å²) in [6, 6.07) is 3.99. The molecule has 3 N–H and O–H groups in total. The summed E-state index contributed by atoms with van der Waals surface area (Å²) in [6.45, 7) is 0. The standard InChI is InChI=1S/C20H22Cl2N4O4S/c21-14-2-3-15(16(22)10-14)13-11-24-19(25-12-13)20(5-1-6-20)7-9-31(29,30)26-8-4-17(23)18(27)28/h2-3,8,10-12,17H,1,4-7,9,23H2,(H,27,28)/t17-/m0/s1. The third-order valence-corrected chi connectivity index (χ3v) is 7.17. The zero-order valence-corrected chi connectivity index (χ0v) is 18.9. The highest BCUT2D eigenvalue weighted by atomic mass is 35.5. The van der Waals surface area contributed by atoms with Gasteiger partial charge in [0.1, 0.15) is 11.9 Å². The first-order chi connectivity index (χ1) is 14.6. The zero-order valence-electron chi connectivity index (χ0n) is 16.5. The quantitative estimate of drug-likeness (QED) is 0.519. The van der Waals surface area contributed by atoms with E-state index in [9.17, 15) is 13.2 Å². The van der Waals surface area contributed by atoms with Crippen LogP contribution in [0, 0.1) is 0 Å². The van der Waals surface area contributed by atoms with Gasteiger partial charge in [-0.05, 0) is 31.4 Å². The predicted molar refractivity (Wildman–Crippen MR) is 120 cm³/mol.